The number of amides is 1. The molecule has 1 amide bonds. The Kier molecular flexibility index (Phi) is 4.84. The molecule has 1 rings (SSSR count). The van der Waals surface area contributed by atoms with Crippen molar-refractivity contribution in [3.05, 3.63) is 17.9 Å². The van der Waals surface area contributed by atoms with Crippen molar-refractivity contribution in [2.24, 2.45) is 5.73 Å². The summed E-state index contributed by atoms with van der Waals surface area (Å²) in [5.74, 6) is -0.252. The minimum atomic E-state index is -3.58. The number of primary amides is 1. The first-order valence-corrected chi connectivity index (χ1v) is 6.42. The lowest BCUT2D eigenvalue weighted by molar-refractivity contribution is -0.125. The van der Waals surface area contributed by atoms with Gasteiger partial charge in [0.1, 0.15) is 12.4 Å². The van der Waals surface area contributed by atoms with Crippen LogP contribution in [0.4, 0.5) is 0 Å². The molecule has 9 heteroatoms. The Balaban J connectivity index is 2.57. The summed E-state index contributed by atoms with van der Waals surface area (Å²) in [5, 5.41) is -0.154. The summed E-state index contributed by atoms with van der Waals surface area (Å²) in [7, 11) is -0.759. The maximum atomic E-state index is 11.7. The number of nitrogens with one attached hydrogen (secondary N) is 1. The van der Waals surface area contributed by atoms with Crippen molar-refractivity contribution < 1.29 is 22.5 Å². The second kappa shape index (κ2) is 5.96. The molecule has 0 saturated carbocycles. The largest absolute Gasteiger partial charge is 0.447 e. The molecule has 0 aliphatic heterocycles. The molecule has 0 aliphatic carbocycles. The smallest absolute Gasteiger partial charge is 0.275 e. The van der Waals surface area contributed by atoms with Gasteiger partial charge >= 0.3 is 0 Å². The fourth-order valence-corrected chi connectivity index (χ4v) is 1.83. The first-order chi connectivity index (χ1) is 8.34. The predicted octanol–water partition coefficient (Wildman–Crippen LogP) is -0.964. The van der Waals surface area contributed by atoms with E-state index in [4.69, 9.17) is 15.0 Å². The van der Waals surface area contributed by atoms with Crippen LogP contribution in [0.3, 0.4) is 0 Å². The number of carbonyl (C=O) groups is 1. The second-order valence-electron chi connectivity index (χ2n) is 3.58. The van der Waals surface area contributed by atoms with Gasteiger partial charge < -0.3 is 10.2 Å². The number of furan rings is 1. The number of hydrogen-bond donors (Lipinski definition) is 2. The zero-order valence-corrected chi connectivity index (χ0v) is 10.9. The maximum absolute atomic E-state index is 11.7. The average molecular weight is 277 g/mol. The predicted molar refractivity (Wildman–Crippen MR) is 61.6 cm³/mol. The molecule has 18 heavy (non-hydrogen) atoms. The fraction of sp³-hybridized carbons (Fsp3) is 0.444. The van der Waals surface area contributed by atoms with E-state index in [-0.39, 0.29) is 18.2 Å². The Bertz CT molecular complexity index is 508. The van der Waals surface area contributed by atoms with Crippen LogP contribution in [0.5, 0.6) is 0 Å². The number of hydroxylamine groups is 1. The Hall–Kier alpha value is -1.42. The van der Waals surface area contributed by atoms with Crippen LogP contribution in [0.15, 0.2) is 21.6 Å². The van der Waals surface area contributed by atoms with Gasteiger partial charge in [-0.2, -0.15) is 5.48 Å². The van der Waals surface area contributed by atoms with E-state index in [1.165, 1.54) is 26.2 Å². The van der Waals surface area contributed by atoms with Gasteiger partial charge in [0.15, 0.2) is 0 Å². The van der Waals surface area contributed by atoms with Crippen LogP contribution in [0.25, 0.3) is 0 Å². The molecule has 0 spiro atoms. The van der Waals surface area contributed by atoms with Crippen molar-refractivity contribution in [2.75, 3.05) is 20.7 Å². The third-order valence-corrected chi connectivity index (χ3v) is 3.62. The lowest BCUT2D eigenvalue weighted by Gasteiger charge is -2.07. The van der Waals surface area contributed by atoms with Gasteiger partial charge in [0.2, 0.25) is 11.0 Å². The van der Waals surface area contributed by atoms with Gasteiger partial charge in [-0.25, -0.2) is 12.7 Å². The number of rotatable bonds is 7. The highest BCUT2D eigenvalue weighted by atomic mass is 32.2. The molecular formula is C9H15N3O5S. The van der Waals surface area contributed by atoms with Crippen molar-refractivity contribution in [1.82, 2.24) is 9.79 Å². The molecule has 0 fully saturated rings. The van der Waals surface area contributed by atoms with E-state index in [9.17, 15) is 13.2 Å². The monoisotopic (exact) mass is 277 g/mol. The number of nitrogens with two attached hydrogens (primary N) is 1. The van der Waals surface area contributed by atoms with Gasteiger partial charge in [0.05, 0.1) is 6.54 Å². The Morgan fingerprint density at radius 3 is 2.72 bits per heavy atom. The van der Waals surface area contributed by atoms with E-state index in [0.29, 0.717) is 5.76 Å². The molecule has 1 aromatic heterocycles. The Morgan fingerprint density at radius 1 is 1.50 bits per heavy atom. The minimum absolute atomic E-state index is 0.121. The van der Waals surface area contributed by atoms with Gasteiger partial charge in [-0.05, 0) is 12.1 Å². The minimum Gasteiger partial charge on any atom is -0.447 e. The highest BCUT2D eigenvalue weighted by Gasteiger charge is 2.21. The molecule has 3 N–H and O–H groups in total. The first kappa shape index (κ1) is 14.6. The van der Waals surface area contributed by atoms with Crippen LogP contribution in [-0.2, 0) is 26.2 Å². The maximum Gasteiger partial charge on any atom is 0.275 e. The van der Waals surface area contributed by atoms with E-state index in [1.54, 1.807) is 0 Å². The van der Waals surface area contributed by atoms with Gasteiger partial charge in [-0.3, -0.25) is 9.63 Å². The summed E-state index contributed by atoms with van der Waals surface area (Å²) < 4.78 is 29.5. The average Bonchev–Trinajstić information content (AvgIpc) is 2.73. The lowest BCUT2D eigenvalue weighted by Crippen LogP contribution is -2.24. The van der Waals surface area contributed by atoms with Gasteiger partial charge in [0.25, 0.3) is 10.0 Å². The quantitative estimate of drug-likeness (QED) is 0.490. The van der Waals surface area contributed by atoms with Crippen LogP contribution in [0.2, 0.25) is 0 Å². The summed E-state index contributed by atoms with van der Waals surface area (Å²) in [6.45, 7) is -0.153. The van der Waals surface area contributed by atoms with Crippen LogP contribution in [0, 0.1) is 0 Å². The molecule has 1 aromatic rings. The third-order valence-electron chi connectivity index (χ3n) is 1.93. The first-order valence-electron chi connectivity index (χ1n) is 4.98. The van der Waals surface area contributed by atoms with E-state index >= 15 is 0 Å². The van der Waals surface area contributed by atoms with Crippen LogP contribution < -0.4 is 11.2 Å². The summed E-state index contributed by atoms with van der Waals surface area (Å²) in [5.41, 5.74) is 7.28. The Morgan fingerprint density at radius 2 is 2.17 bits per heavy atom. The topological polar surface area (TPSA) is 115 Å². The summed E-state index contributed by atoms with van der Waals surface area (Å²) in [6, 6.07) is 2.84. The van der Waals surface area contributed by atoms with Crippen LogP contribution in [-0.4, -0.2) is 39.3 Å². The molecule has 1 heterocycles. The van der Waals surface area contributed by atoms with E-state index in [1.807, 2.05) is 0 Å². The molecule has 0 aromatic carbocycles. The van der Waals surface area contributed by atoms with Crippen molar-refractivity contribution in [3.8, 4) is 0 Å². The van der Waals surface area contributed by atoms with E-state index < -0.39 is 15.9 Å². The molecule has 0 bridgehead atoms. The molecule has 0 saturated heterocycles. The molecule has 102 valence electrons. The molecule has 0 atom stereocenters. The van der Waals surface area contributed by atoms with Crippen molar-refractivity contribution >= 4 is 15.9 Å². The molecule has 0 aliphatic rings. The van der Waals surface area contributed by atoms with Crippen LogP contribution >= 0.6 is 0 Å². The van der Waals surface area contributed by atoms with Crippen molar-refractivity contribution in [2.45, 2.75) is 11.6 Å². The standard InChI is InChI=1S/C9H15N3O5S/c1-12(2)18(14,15)9-4-3-7(17-9)5-11-16-6-8(10)13/h3-4,11H,5-6H2,1-2H3,(H2,10,13). The van der Waals surface area contributed by atoms with Gasteiger partial charge in [-0.1, -0.05) is 0 Å². The van der Waals surface area contributed by atoms with Gasteiger partial charge in [0, 0.05) is 14.1 Å². The molecule has 8 nitrogen and oxygen atoms in total. The fourth-order valence-electron chi connectivity index (χ4n) is 1.02. The highest BCUT2D eigenvalue weighted by molar-refractivity contribution is 7.88. The zero-order chi connectivity index (χ0) is 13.8. The second-order valence-corrected chi connectivity index (χ2v) is 5.67. The van der Waals surface area contributed by atoms with E-state index in [0.717, 1.165) is 4.31 Å². The van der Waals surface area contributed by atoms with E-state index in [2.05, 4.69) is 5.48 Å². The Labute approximate surface area is 105 Å². The molecule has 0 radical (unpaired) electrons. The zero-order valence-electron chi connectivity index (χ0n) is 10.0. The lowest BCUT2D eigenvalue weighted by atomic mass is 10.5. The summed E-state index contributed by atoms with van der Waals surface area (Å²) in [4.78, 5) is 15.1. The third kappa shape index (κ3) is 3.81. The number of nitrogens with zero attached hydrogens (tertiary/aromatic N) is 1. The molecule has 0 unspecified atom stereocenters. The number of sulfonamides is 1. The van der Waals surface area contributed by atoms with Crippen molar-refractivity contribution in [1.29, 1.82) is 0 Å². The summed E-state index contributed by atoms with van der Waals surface area (Å²) in [6.07, 6.45) is 0. The SMILES string of the molecule is CN(C)S(=O)(=O)c1ccc(CNOCC(N)=O)o1. The van der Waals surface area contributed by atoms with Gasteiger partial charge in [-0.15, -0.1) is 0 Å². The van der Waals surface area contributed by atoms with Crippen LogP contribution in [0.1, 0.15) is 5.76 Å². The highest BCUT2D eigenvalue weighted by Crippen LogP contribution is 2.16. The number of carbonyl (C=O) groups excluding carboxylic acids is 1. The molecular weight excluding hydrogens is 262 g/mol. The summed E-state index contributed by atoms with van der Waals surface area (Å²) >= 11 is 0. The normalized spacial score (nSPS) is 11.9. The van der Waals surface area contributed by atoms with Crippen molar-refractivity contribution in [3.63, 3.8) is 0 Å². The number of hydrogen-bond acceptors (Lipinski definition) is 6.